The highest BCUT2D eigenvalue weighted by Gasteiger charge is 2.40. The molecule has 1 aliphatic heterocycles. The van der Waals surface area contributed by atoms with Crippen LogP contribution in [-0.2, 0) is 62.3 Å². The van der Waals surface area contributed by atoms with Crippen molar-refractivity contribution < 1.29 is 98.0 Å². The van der Waals surface area contributed by atoms with Gasteiger partial charge in [-0.15, -0.1) is 11.6 Å². The highest BCUT2D eigenvalue weighted by molar-refractivity contribution is 6.18. The molecule has 0 aromatic carbocycles. The smallest absolute Gasteiger partial charge is 0.335 e. The predicted molar refractivity (Wildman–Crippen MR) is 306 cm³/mol. The van der Waals surface area contributed by atoms with Crippen LogP contribution >= 0.6 is 11.6 Å². The number of aliphatic hydroxyl groups is 5. The van der Waals surface area contributed by atoms with Gasteiger partial charge in [0.2, 0.25) is 47.3 Å². The number of hydrogen-bond donors (Lipinski definition) is 19. The summed E-state index contributed by atoms with van der Waals surface area (Å²) >= 11 is 5.89. The van der Waals surface area contributed by atoms with E-state index >= 15 is 0 Å². The molecule has 0 aliphatic carbocycles. The van der Waals surface area contributed by atoms with Crippen LogP contribution in [-0.4, -0.2) is 218 Å². The molecule has 8 unspecified atom stereocenters. The van der Waals surface area contributed by atoms with Gasteiger partial charge in [0.1, 0.15) is 54.6 Å². The van der Waals surface area contributed by atoms with Crippen LogP contribution in [0.25, 0.3) is 0 Å². The Morgan fingerprint density at radius 3 is 1.62 bits per heavy atom. The lowest BCUT2D eigenvalue weighted by Gasteiger charge is -2.29. The number of nitrogens with two attached hydrogens (primary N) is 3. The second kappa shape index (κ2) is 42.2. The van der Waals surface area contributed by atoms with E-state index in [9.17, 15) is 93.3 Å². The van der Waals surface area contributed by atoms with E-state index in [1.807, 2.05) is 5.32 Å². The first-order valence-electron chi connectivity index (χ1n) is 28.8. The van der Waals surface area contributed by atoms with Crippen LogP contribution in [0.15, 0.2) is 11.8 Å². The van der Waals surface area contributed by atoms with Crippen molar-refractivity contribution >= 4 is 82.7 Å². The highest BCUT2D eigenvalue weighted by Crippen LogP contribution is 2.15. The molecule has 0 aromatic rings. The molecule has 13 atom stereocenters. The molecule has 22 N–H and O–H groups in total. The lowest BCUT2D eigenvalue weighted by molar-refractivity contribution is -0.153. The fourth-order valence-electron chi connectivity index (χ4n) is 8.58. The predicted octanol–water partition coefficient (Wildman–Crippen LogP) is -5.41. The Balaban J connectivity index is 3.97. The molecule has 0 bridgehead atoms. The van der Waals surface area contributed by atoms with Crippen LogP contribution in [0.3, 0.4) is 0 Å². The standard InChI is InChI=1S/C53H91ClN12O20/c1-4-6-7-8-9-10-11-12-13-14-18-35(68)36(69)25-38(71)58-34-27-86-53(85)41(37(70)26-54)65-44(75)29(5-2)59-50(81)40(28(3)67)64-47(78)32(20-23-57)62-51(82)42(43(74)52(83)84)66-46(77)30(17-15-16-21-55)60-48(79)33(24-39(72)73)63-45(76)31(19-22-56)61-49(34)80/h5,28,30-37,40-43,67-70,74H,4,6-27,55-57H2,1-3H3,(H,58,71)(H,59,81)(H,60,79)(H,61,80)(H,62,82)(H,63,76)(H,64,78)(H,65,75)(H,66,77)(H,72,73)(H,83,84)/b29-5+/t28-,30?,31?,32-,33-,34?,35?,36?,37+,40?,41?,42?,43-/m0/s1. The summed E-state index contributed by atoms with van der Waals surface area (Å²) in [6.07, 6.45) is -1.79. The van der Waals surface area contributed by atoms with Gasteiger partial charge in [0, 0.05) is 0 Å². The largest absolute Gasteiger partial charge is 0.481 e. The molecule has 1 rings (SSSR count). The average molecular weight is 1250 g/mol. The second-order valence-corrected chi connectivity index (χ2v) is 21.0. The molecule has 1 heterocycles. The fourth-order valence-corrected chi connectivity index (χ4v) is 8.76. The van der Waals surface area contributed by atoms with Crippen molar-refractivity contribution in [3.63, 3.8) is 0 Å². The van der Waals surface area contributed by atoms with Crippen LogP contribution in [0.2, 0.25) is 0 Å². The van der Waals surface area contributed by atoms with Crippen molar-refractivity contribution in [3.8, 4) is 0 Å². The number of ether oxygens (including phenoxy) is 1. The summed E-state index contributed by atoms with van der Waals surface area (Å²) < 4.78 is 5.32. The van der Waals surface area contributed by atoms with Gasteiger partial charge in [-0.2, -0.15) is 0 Å². The zero-order valence-corrected chi connectivity index (χ0v) is 49.7. The topological polar surface area (TPSA) is 542 Å². The molecule has 86 heavy (non-hydrogen) atoms. The Kier molecular flexibility index (Phi) is 38.0. The summed E-state index contributed by atoms with van der Waals surface area (Å²) in [7, 11) is 0. The summed E-state index contributed by atoms with van der Waals surface area (Å²) in [6, 6.07) is -16.2. The van der Waals surface area contributed by atoms with Crippen LogP contribution < -0.4 is 65.1 Å². The Labute approximate surface area is 503 Å². The van der Waals surface area contributed by atoms with E-state index in [1.165, 1.54) is 19.8 Å². The van der Waals surface area contributed by atoms with Crippen molar-refractivity contribution in [1.82, 2.24) is 47.9 Å². The van der Waals surface area contributed by atoms with Crippen molar-refractivity contribution in [2.75, 3.05) is 32.1 Å². The summed E-state index contributed by atoms with van der Waals surface area (Å²) in [5, 5.41) is 92.9. The van der Waals surface area contributed by atoms with E-state index in [-0.39, 0.29) is 32.2 Å². The normalized spacial score (nSPS) is 24.5. The zero-order chi connectivity index (χ0) is 65.1. The SMILES string of the molecule is C/C=C1/NC(=O)C([C@H](C)O)NC(=O)[C@H](CCN)NC(=O)C([C@H](O)C(=O)O)NC(=O)C(CCCCN)NC(=O)[C@H](CC(=O)O)NC(=O)C(CCN)NC(=O)C(NC(=O)CC(O)C(O)CCCCCCCCCCCC)COC(=O)C([C@H](O)CCl)NC1=O. The zero-order valence-electron chi connectivity index (χ0n) is 48.9. The third-order valence-corrected chi connectivity index (χ3v) is 13.9. The molecule has 9 amide bonds. The van der Waals surface area contributed by atoms with Gasteiger partial charge in [-0.1, -0.05) is 77.2 Å². The molecule has 0 aromatic heterocycles. The maximum absolute atomic E-state index is 14.2. The number of hydrogen-bond acceptors (Lipinski definition) is 21. The second-order valence-electron chi connectivity index (χ2n) is 20.7. The lowest BCUT2D eigenvalue weighted by atomic mass is 10.0. The summed E-state index contributed by atoms with van der Waals surface area (Å²) in [5.74, 6) is -18.1. The van der Waals surface area contributed by atoms with Gasteiger partial charge in [0.05, 0.1) is 43.1 Å². The number of rotatable bonds is 30. The minimum Gasteiger partial charge on any atom is -0.481 e. The Bertz CT molecular complexity index is 2270. The molecule has 33 heteroatoms. The molecule has 32 nitrogen and oxygen atoms in total. The van der Waals surface area contributed by atoms with Gasteiger partial charge in [0.15, 0.2) is 12.1 Å². The number of carboxylic acids is 2. The molecule has 490 valence electrons. The van der Waals surface area contributed by atoms with Gasteiger partial charge < -0.3 is 106 Å². The van der Waals surface area contributed by atoms with E-state index in [1.54, 1.807) is 0 Å². The van der Waals surface area contributed by atoms with Crippen molar-refractivity contribution in [1.29, 1.82) is 0 Å². The Hall–Kier alpha value is -6.65. The van der Waals surface area contributed by atoms with Crippen LogP contribution in [0.4, 0.5) is 0 Å². The number of cyclic esters (lactones) is 1. The first-order chi connectivity index (χ1) is 40.7. The van der Waals surface area contributed by atoms with Crippen molar-refractivity contribution in [3.05, 3.63) is 11.8 Å². The molecule has 1 aliphatic rings. The maximum Gasteiger partial charge on any atom is 0.335 e. The average Bonchev–Trinajstić information content (AvgIpc) is 2.73. The quantitative estimate of drug-likeness (QED) is 0.0138. The fraction of sp³-hybridized carbons (Fsp3) is 0.736. The van der Waals surface area contributed by atoms with Gasteiger partial charge in [-0.25, -0.2) is 9.59 Å². The molecule has 1 saturated heterocycles. The molecule has 1 fully saturated rings. The van der Waals surface area contributed by atoms with E-state index in [0.29, 0.717) is 6.42 Å². The number of carbonyl (C=O) groups excluding carboxylic acids is 10. The Morgan fingerprint density at radius 1 is 0.605 bits per heavy atom. The summed E-state index contributed by atoms with van der Waals surface area (Å²) in [4.78, 5) is 163. The number of halogens is 1. The number of amides is 9. The number of aliphatic carboxylic acids is 2. The monoisotopic (exact) mass is 1250 g/mol. The third-order valence-electron chi connectivity index (χ3n) is 13.6. The third kappa shape index (κ3) is 28.7. The number of aliphatic hydroxyl groups excluding tert-OH is 5. The number of carboxylic acid groups (broad SMARTS) is 2. The first kappa shape index (κ1) is 77.4. The van der Waals surface area contributed by atoms with Gasteiger partial charge >= 0.3 is 17.9 Å². The number of carbonyl (C=O) groups is 12. The minimum absolute atomic E-state index is 0.0324. The van der Waals surface area contributed by atoms with Gasteiger partial charge in [-0.3, -0.25) is 47.9 Å². The molecular weight excluding hydrogens is 1160 g/mol. The summed E-state index contributed by atoms with van der Waals surface area (Å²) in [6.45, 7) is 2.45. The van der Waals surface area contributed by atoms with Crippen molar-refractivity contribution in [2.45, 2.75) is 215 Å². The first-order valence-corrected chi connectivity index (χ1v) is 29.3. The van der Waals surface area contributed by atoms with Crippen LogP contribution in [0.1, 0.15) is 136 Å². The van der Waals surface area contributed by atoms with Crippen LogP contribution in [0.5, 0.6) is 0 Å². The van der Waals surface area contributed by atoms with E-state index in [4.69, 9.17) is 33.5 Å². The number of allylic oxidation sites excluding steroid dienone is 1. The van der Waals surface area contributed by atoms with E-state index in [2.05, 4.69) is 49.5 Å². The highest BCUT2D eigenvalue weighted by atomic mass is 35.5. The Morgan fingerprint density at radius 2 is 1.10 bits per heavy atom. The maximum atomic E-state index is 14.2. The van der Waals surface area contributed by atoms with E-state index < -0.39 is 207 Å². The van der Waals surface area contributed by atoms with E-state index in [0.717, 1.165) is 57.9 Å². The molecule has 0 radical (unpaired) electrons. The minimum atomic E-state index is -2.78. The molecular formula is C53H91ClN12O20. The number of unbranched alkanes of at least 4 members (excludes halogenated alkanes) is 10. The number of nitrogens with one attached hydrogen (secondary N) is 9. The molecule has 0 saturated carbocycles. The summed E-state index contributed by atoms with van der Waals surface area (Å²) in [5.41, 5.74) is 16.4. The van der Waals surface area contributed by atoms with Gasteiger partial charge in [-0.05, 0) is 72.0 Å². The van der Waals surface area contributed by atoms with Gasteiger partial charge in [0.25, 0.3) is 5.91 Å². The van der Waals surface area contributed by atoms with Crippen molar-refractivity contribution in [2.24, 2.45) is 17.2 Å². The number of esters is 1. The number of alkyl halides is 1. The lowest BCUT2D eigenvalue weighted by Crippen LogP contribution is -2.63. The van der Waals surface area contributed by atoms with Crippen LogP contribution in [0, 0.1) is 0 Å². The molecule has 0 spiro atoms.